The first-order valence-electron chi connectivity index (χ1n) is 8.20. The number of benzene rings is 1. The summed E-state index contributed by atoms with van der Waals surface area (Å²) >= 11 is 5.90. The van der Waals surface area contributed by atoms with Crippen molar-refractivity contribution in [2.45, 2.75) is 35.7 Å². The average Bonchev–Trinajstić information content (AvgIpc) is 2.99. The minimum Gasteiger partial charge on any atom is -0.478 e. The quantitative estimate of drug-likeness (QED) is 0.745. The first kappa shape index (κ1) is 20.2. The summed E-state index contributed by atoms with van der Waals surface area (Å²) < 4.78 is 49.9. The van der Waals surface area contributed by atoms with Crippen LogP contribution in [0.3, 0.4) is 0 Å². The lowest BCUT2D eigenvalue weighted by Gasteiger charge is -2.33. The predicted molar refractivity (Wildman–Crippen MR) is 93.4 cm³/mol. The van der Waals surface area contributed by atoms with Crippen LogP contribution >= 0.6 is 11.6 Å². The average molecular weight is 421 g/mol. The molecule has 0 bridgehead atoms. The fourth-order valence-electron chi connectivity index (χ4n) is 3.30. The zero-order chi connectivity index (χ0) is 19.8. The van der Waals surface area contributed by atoms with Gasteiger partial charge in [-0.15, -0.1) is 0 Å². The van der Waals surface area contributed by atoms with E-state index in [1.807, 2.05) is 0 Å². The van der Waals surface area contributed by atoms with Crippen LogP contribution in [0.15, 0.2) is 29.8 Å². The molecule has 1 spiro atoms. The normalized spacial score (nSPS) is 28.3. The first-order chi connectivity index (χ1) is 12.7. The molecule has 1 heterocycles. The van der Waals surface area contributed by atoms with Crippen LogP contribution in [0.2, 0.25) is 5.02 Å². The van der Waals surface area contributed by atoms with Crippen molar-refractivity contribution in [1.82, 2.24) is 0 Å². The minimum atomic E-state index is -3.95. The lowest BCUT2D eigenvalue weighted by molar-refractivity contribution is -0.146. The summed E-state index contributed by atoms with van der Waals surface area (Å²) in [5.41, 5.74) is -0.158. The third-order valence-electron chi connectivity index (χ3n) is 4.61. The van der Waals surface area contributed by atoms with E-state index >= 15 is 0 Å². The lowest BCUT2D eigenvalue weighted by atomic mass is 9.94. The topological polar surface area (TPSA) is 110 Å². The van der Waals surface area contributed by atoms with Crippen LogP contribution in [0.4, 0.5) is 4.39 Å². The Bertz CT molecular complexity index is 885. The van der Waals surface area contributed by atoms with Crippen molar-refractivity contribution in [3.05, 3.63) is 46.3 Å². The summed E-state index contributed by atoms with van der Waals surface area (Å²) in [6.07, 6.45) is 0.671. The summed E-state index contributed by atoms with van der Waals surface area (Å²) in [7, 11) is -3.95. The summed E-state index contributed by atoms with van der Waals surface area (Å²) in [6.45, 7) is -0.203. The second-order valence-electron chi connectivity index (χ2n) is 6.52. The van der Waals surface area contributed by atoms with Gasteiger partial charge in [-0.1, -0.05) is 17.7 Å². The molecule has 1 aromatic rings. The van der Waals surface area contributed by atoms with Crippen LogP contribution in [0.25, 0.3) is 0 Å². The lowest BCUT2D eigenvalue weighted by Crippen LogP contribution is -2.41. The van der Waals surface area contributed by atoms with Gasteiger partial charge in [0.25, 0.3) is 0 Å². The van der Waals surface area contributed by atoms with Gasteiger partial charge in [0.1, 0.15) is 11.9 Å². The fourth-order valence-corrected chi connectivity index (χ4v) is 5.53. The fraction of sp³-hybridized carbons (Fsp3) is 0.471. The van der Waals surface area contributed by atoms with Gasteiger partial charge in [-0.05, 0) is 30.2 Å². The SMILES string of the molecule is O=C(O)C1=CC2(CCC1S(=O)(=O)Cc1ccc(F)cc1Cl)OC[C@@H](CO)O2. The van der Waals surface area contributed by atoms with Crippen molar-refractivity contribution < 1.29 is 37.3 Å². The molecule has 3 atom stereocenters. The zero-order valence-corrected chi connectivity index (χ0v) is 15.7. The summed E-state index contributed by atoms with van der Waals surface area (Å²) in [6, 6.07) is 3.36. The molecule has 27 heavy (non-hydrogen) atoms. The molecule has 1 aromatic carbocycles. The number of hydrogen-bond acceptors (Lipinski definition) is 6. The van der Waals surface area contributed by atoms with Gasteiger partial charge in [-0.2, -0.15) is 0 Å². The highest BCUT2D eigenvalue weighted by Gasteiger charge is 2.47. The molecule has 2 N–H and O–H groups in total. The van der Waals surface area contributed by atoms with Gasteiger partial charge in [0.05, 0.1) is 29.8 Å². The molecule has 2 aliphatic rings. The third kappa shape index (κ3) is 4.17. The summed E-state index contributed by atoms with van der Waals surface area (Å²) in [5.74, 6) is -3.86. The molecule has 0 aromatic heterocycles. The summed E-state index contributed by atoms with van der Waals surface area (Å²) in [5, 5.41) is 17.4. The first-order valence-corrected chi connectivity index (χ1v) is 10.3. The Balaban J connectivity index is 1.90. The number of rotatable bonds is 5. The maximum absolute atomic E-state index is 13.2. The number of carboxylic acid groups (broad SMARTS) is 1. The molecule has 1 saturated heterocycles. The van der Waals surface area contributed by atoms with Gasteiger partial charge in [0.2, 0.25) is 0 Å². The monoisotopic (exact) mass is 420 g/mol. The number of sulfone groups is 1. The highest BCUT2D eigenvalue weighted by molar-refractivity contribution is 7.91. The number of aliphatic hydroxyl groups excluding tert-OH is 1. The molecule has 0 saturated carbocycles. The van der Waals surface area contributed by atoms with Crippen LogP contribution in [0.1, 0.15) is 18.4 Å². The molecule has 1 aliphatic carbocycles. The Morgan fingerprint density at radius 1 is 1.41 bits per heavy atom. The maximum atomic E-state index is 13.2. The van der Waals surface area contributed by atoms with E-state index in [9.17, 15) is 22.7 Å². The standard InChI is InChI=1S/C17H18ClFO7S/c18-14-5-11(19)2-1-10(14)9-27(23,24)15-3-4-17(6-13(15)16(21)22)25-8-12(7-20)26-17/h1-2,5-6,12,15,20H,3-4,7-9H2,(H,21,22)/t12-,15?,17?/m1/s1. The Kier molecular flexibility index (Phi) is 5.60. The number of carboxylic acids is 1. The van der Waals surface area contributed by atoms with E-state index in [2.05, 4.69) is 0 Å². The Morgan fingerprint density at radius 2 is 2.15 bits per heavy atom. The van der Waals surface area contributed by atoms with E-state index in [-0.39, 0.29) is 42.2 Å². The van der Waals surface area contributed by atoms with E-state index in [0.29, 0.717) is 0 Å². The molecule has 148 valence electrons. The number of aliphatic hydroxyl groups is 1. The highest BCUT2D eigenvalue weighted by Crippen LogP contribution is 2.39. The van der Waals surface area contributed by atoms with E-state index in [1.165, 1.54) is 12.1 Å². The second kappa shape index (κ2) is 7.48. The number of halogens is 2. The molecule has 0 radical (unpaired) electrons. The molecule has 1 fully saturated rings. The molecule has 10 heteroatoms. The van der Waals surface area contributed by atoms with Crippen molar-refractivity contribution in [3.63, 3.8) is 0 Å². The molecule has 3 rings (SSSR count). The van der Waals surface area contributed by atoms with E-state index in [4.69, 9.17) is 26.2 Å². The van der Waals surface area contributed by atoms with Gasteiger partial charge < -0.3 is 19.7 Å². The van der Waals surface area contributed by atoms with E-state index < -0.39 is 44.5 Å². The Hall–Kier alpha value is -1.52. The van der Waals surface area contributed by atoms with Crippen LogP contribution in [-0.4, -0.2) is 55.0 Å². The number of aliphatic carboxylic acids is 1. The van der Waals surface area contributed by atoms with E-state index in [1.54, 1.807) is 0 Å². The number of hydrogen-bond donors (Lipinski definition) is 2. The van der Waals surface area contributed by atoms with Crippen LogP contribution < -0.4 is 0 Å². The van der Waals surface area contributed by atoms with Crippen LogP contribution in [-0.2, 0) is 29.9 Å². The maximum Gasteiger partial charge on any atom is 0.332 e. The van der Waals surface area contributed by atoms with Gasteiger partial charge in [-0.3, -0.25) is 0 Å². The third-order valence-corrected chi connectivity index (χ3v) is 7.03. The summed E-state index contributed by atoms with van der Waals surface area (Å²) in [4.78, 5) is 11.7. The zero-order valence-electron chi connectivity index (χ0n) is 14.1. The van der Waals surface area contributed by atoms with Gasteiger partial charge >= 0.3 is 5.97 Å². The van der Waals surface area contributed by atoms with Crippen LogP contribution in [0.5, 0.6) is 0 Å². The van der Waals surface area contributed by atoms with Crippen molar-refractivity contribution in [2.75, 3.05) is 13.2 Å². The Labute approximate surface area is 160 Å². The number of carbonyl (C=O) groups is 1. The van der Waals surface area contributed by atoms with Crippen molar-refractivity contribution in [1.29, 1.82) is 0 Å². The molecular formula is C17H18ClFO7S. The Morgan fingerprint density at radius 3 is 2.74 bits per heavy atom. The van der Waals surface area contributed by atoms with Crippen molar-refractivity contribution in [3.8, 4) is 0 Å². The molecule has 2 unspecified atom stereocenters. The van der Waals surface area contributed by atoms with E-state index in [0.717, 1.165) is 12.1 Å². The number of ether oxygens (including phenoxy) is 2. The highest BCUT2D eigenvalue weighted by atomic mass is 35.5. The minimum absolute atomic E-state index is 0.0303. The smallest absolute Gasteiger partial charge is 0.332 e. The molecule has 7 nitrogen and oxygen atoms in total. The molecular weight excluding hydrogens is 403 g/mol. The van der Waals surface area contributed by atoms with Gasteiger partial charge in [0.15, 0.2) is 15.6 Å². The van der Waals surface area contributed by atoms with Crippen LogP contribution in [0, 0.1) is 5.82 Å². The van der Waals surface area contributed by atoms with Gasteiger partial charge in [-0.25, -0.2) is 17.6 Å². The largest absolute Gasteiger partial charge is 0.478 e. The predicted octanol–water partition coefficient (Wildman–Crippen LogP) is 1.67. The molecule has 1 aliphatic heterocycles. The van der Waals surface area contributed by atoms with Crippen molar-refractivity contribution >= 4 is 27.4 Å². The molecule has 0 amide bonds. The second-order valence-corrected chi connectivity index (χ2v) is 9.11. The van der Waals surface area contributed by atoms with Gasteiger partial charge in [0, 0.05) is 11.4 Å². The van der Waals surface area contributed by atoms with Crippen molar-refractivity contribution in [2.24, 2.45) is 0 Å².